The first-order chi connectivity index (χ1) is 6.25. The third kappa shape index (κ3) is 3.12. The zero-order valence-corrected chi connectivity index (χ0v) is 8.81. The second-order valence-electron chi connectivity index (χ2n) is 3.90. The van der Waals surface area contributed by atoms with Gasteiger partial charge in [-0.25, -0.2) is 0 Å². The highest BCUT2D eigenvalue weighted by molar-refractivity contribution is 5.05. The number of ether oxygens (including phenoxy) is 1. The molecule has 2 nitrogen and oxygen atoms in total. The Hall–Kier alpha value is -0.340. The van der Waals surface area contributed by atoms with Crippen LogP contribution in [0.25, 0.3) is 0 Å². The molecule has 0 aromatic carbocycles. The van der Waals surface area contributed by atoms with Gasteiger partial charge in [-0.05, 0) is 26.3 Å². The van der Waals surface area contributed by atoms with Crippen LogP contribution in [0.3, 0.4) is 0 Å². The minimum Gasteiger partial charge on any atom is -0.381 e. The van der Waals surface area contributed by atoms with Crippen molar-refractivity contribution in [3.8, 4) is 0 Å². The summed E-state index contributed by atoms with van der Waals surface area (Å²) in [5.74, 6) is 0.643. The second-order valence-corrected chi connectivity index (χ2v) is 3.90. The molecule has 0 saturated carbocycles. The molecule has 0 aromatic heterocycles. The van der Waals surface area contributed by atoms with Gasteiger partial charge in [-0.15, -0.1) is 0 Å². The quantitative estimate of drug-likeness (QED) is 0.658. The Morgan fingerprint density at radius 1 is 1.69 bits per heavy atom. The molecule has 76 valence electrons. The fourth-order valence-electron chi connectivity index (χ4n) is 1.86. The van der Waals surface area contributed by atoms with E-state index in [0.717, 1.165) is 19.8 Å². The summed E-state index contributed by atoms with van der Waals surface area (Å²) in [7, 11) is 0. The lowest BCUT2D eigenvalue weighted by atomic mass is 9.94. The van der Waals surface area contributed by atoms with E-state index < -0.39 is 0 Å². The van der Waals surface area contributed by atoms with E-state index in [1.54, 1.807) is 0 Å². The first-order valence-electron chi connectivity index (χ1n) is 5.22. The fraction of sp³-hybridized carbons (Fsp3) is 0.818. The monoisotopic (exact) mass is 183 g/mol. The second kappa shape index (κ2) is 5.40. The van der Waals surface area contributed by atoms with Crippen LogP contribution in [-0.2, 0) is 4.74 Å². The molecule has 2 heteroatoms. The Balaban J connectivity index is 2.40. The van der Waals surface area contributed by atoms with E-state index >= 15 is 0 Å². The first-order valence-corrected chi connectivity index (χ1v) is 5.22. The Bertz CT molecular complexity index is 161. The summed E-state index contributed by atoms with van der Waals surface area (Å²) in [6.07, 6.45) is 2.35. The first kappa shape index (κ1) is 10.7. The Morgan fingerprint density at radius 3 is 2.92 bits per heavy atom. The maximum atomic E-state index is 5.39. The maximum absolute atomic E-state index is 5.39. The van der Waals surface area contributed by atoms with Crippen LogP contribution < -0.4 is 5.32 Å². The van der Waals surface area contributed by atoms with Gasteiger partial charge < -0.3 is 10.1 Å². The smallest absolute Gasteiger partial charge is 0.0513 e. The normalized spacial score (nSPS) is 24.6. The fourth-order valence-corrected chi connectivity index (χ4v) is 1.86. The highest BCUT2D eigenvalue weighted by atomic mass is 16.5. The summed E-state index contributed by atoms with van der Waals surface area (Å²) in [4.78, 5) is 0. The van der Waals surface area contributed by atoms with E-state index in [-0.39, 0.29) is 0 Å². The SMILES string of the molecule is C=C(C)C(NCCC)C1CCOC1. The average Bonchev–Trinajstić information content (AvgIpc) is 2.57. The van der Waals surface area contributed by atoms with Crippen molar-refractivity contribution in [3.05, 3.63) is 12.2 Å². The molecule has 1 fully saturated rings. The topological polar surface area (TPSA) is 21.3 Å². The standard InChI is InChI=1S/C11H21NO/c1-4-6-12-11(9(2)3)10-5-7-13-8-10/h10-12H,2,4-8H2,1,3H3. The summed E-state index contributed by atoms with van der Waals surface area (Å²) in [6, 6.07) is 0.461. The molecule has 0 aromatic rings. The molecule has 0 bridgehead atoms. The molecule has 0 spiro atoms. The molecule has 2 atom stereocenters. The summed E-state index contributed by atoms with van der Waals surface area (Å²) >= 11 is 0. The van der Waals surface area contributed by atoms with E-state index in [2.05, 4.69) is 25.7 Å². The molecule has 0 radical (unpaired) electrons. The van der Waals surface area contributed by atoms with Crippen molar-refractivity contribution in [2.24, 2.45) is 5.92 Å². The van der Waals surface area contributed by atoms with Gasteiger partial charge in [-0.2, -0.15) is 0 Å². The van der Waals surface area contributed by atoms with E-state index in [1.807, 2.05) is 0 Å². The summed E-state index contributed by atoms with van der Waals surface area (Å²) in [5, 5.41) is 3.53. The van der Waals surface area contributed by atoms with Gasteiger partial charge in [0.05, 0.1) is 6.61 Å². The highest BCUT2D eigenvalue weighted by Crippen LogP contribution is 2.20. The number of nitrogens with one attached hydrogen (secondary N) is 1. The van der Waals surface area contributed by atoms with Crippen LogP contribution in [0.2, 0.25) is 0 Å². The van der Waals surface area contributed by atoms with E-state index in [9.17, 15) is 0 Å². The minimum atomic E-state index is 0.461. The van der Waals surface area contributed by atoms with Crippen LogP contribution >= 0.6 is 0 Å². The molecule has 0 aliphatic carbocycles. The average molecular weight is 183 g/mol. The van der Waals surface area contributed by atoms with Crippen molar-refractivity contribution in [1.29, 1.82) is 0 Å². The molecule has 1 saturated heterocycles. The summed E-state index contributed by atoms with van der Waals surface area (Å²) in [5.41, 5.74) is 1.24. The lowest BCUT2D eigenvalue weighted by molar-refractivity contribution is 0.180. The molecule has 1 aliphatic heterocycles. The van der Waals surface area contributed by atoms with Crippen LogP contribution in [-0.4, -0.2) is 25.8 Å². The van der Waals surface area contributed by atoms with Gasteiger partial charge >= 0.3 is 0 Å². The van der Waals surface area contributed by atoms with Gasteiger partial charge in [0.15, 0.2) is 0 Å². The molecule has 1 aliphatic rings. The van der Waals surface area contributed by atoms with Crippen molar-refractivity contribution < 1.29 is 4.74 Å². The Kier molecular flexibility index (Phi) is 4.46. The molecule has 1 rings (SSSR count). The van der Waals surface area contributed by atoms with Gasteiger partial charge in [0.1, 0.15) is 0 Å². The Morgan fingerprint density at radius 2 is 2.46 bits per heavy atom. The van der Waals surface area contributed by atoms with E-state index in [0.29, 0.717) is 12.0 Å². The number of hydrogen-bond donors (Lipinski definition) is 1. The van der Waals surface area contributed by atoms with Crippen molar-refractivity contribution in [2.75, 3.05) is 19.8 Å². The predicted molar refractivity (Wildman–Crippen MR) is 55.8 cm³/mol. The zero-order chi connectivity index (χ0) is 9.68. The van der Waals surface area contributed by atoms with Crippen LogP contribution in [0, 0.1) is 5.92 Å². The molecule has 1 heterocycles. The van der Waals surface area contributed by atoms with Crippen LogP contribution in [0.15, 0.2) is 12.2 Å². The molecular weight excluding hydrogens is 162 g/mol. The van der Waals surface area contributed by atoms with Gasteiger partial charge in [0, 0.05) is 18.6 Å². The molecule has 0 amide bonds. The highest BCUT2D eigenvalue weighted by Gasteiger charge is 2.25. The number of rotatable bonds is 5. The Labute approximate surface area is 81.4 Å². The molecule has 2 unspecified atom stereocenters. The predicted octanol–water partition coefficient (Wildman–Crippen LogP) is 1.97. The largest absolute Gasteiger partial charge is 0.381 e. The molecular formula is C11H21NO. The third-order valence-electron chi connectivity index (χ3n) is 2.58. The van der Waals surface area contributed by atoms with Crippen molar-refractivity contribution in [1.82, 2.24) is 5.32 Å². The van der Waals surface area contributed by atoms with Crippen molar-refractivity contribution in [3.63, 3.8) is 0 Å². The lowest BCUT2D eigenvalue weighted by Gasteiger charge is -2.23. The third-order valence-corrected chi connectivity index (χ3v) is 2.58. The maximum Gasteiger partial charge on any atom is 0.0513 e. The molecule has 1 N–H and O–H groups in total. The van der Waals surface area contributed by atoms with Crippen LogP contribution in [0.1, 0.15) is 26.7 Å². The van der Waals surface area contributed by atoms with E-state index in [4.69, 9.17) is 4.74 Å². The minimum absolute atomic E-state index is 0.461. The lowest BCUT2D eigenvalue weighted by Crippen LogP contribution is -2.37. The number of hydrogen-bond acceptors (Lipinski definition) is 2. The van der Waals surface area contributed by atoms with Gasteiger partial charge in [0.2, 0.25) is 0 Å². The summed E-state index contributed by atoms with van der Waals surface area (Å²) in [6.45, 7) is 11.2. The van der Waals surface area contributed by atoms with Gasteiger partial charge in [0.25, 0.3) is 0 Å². The van der Waals surface area contributed by atoms with Gasteiger partial charge in [-0.3, -0.25) is 0 Å². The van der Waals surface area contributed by atoms with Gasteiger partial charge in [-0.1, -0.05) is 19.1 Å². The van der Waals surface area contributed by atoms with Crippen LogP contribution in [0.4, 0.5) is 0 Å². The zero-order valence-electron chi connectivity index (χ0n) is 8.81. The van der Waals surface area contributed by atoms with Crippen molar-refractivity contribution in [2.45, 2.75) is 32.7 Å². The molecule has 13 heavy (non-hydrogen) atoms. The van der Waals surface area contributed by atoms with Crippen LogP contribution in [0.5, 0.6) is 0 Å². The van der Waals surface area contributed by atoms with E-state index in [1.165, 1.54) is 18.4 Å². The van der Waals surface area contributed by atoms with Crippen molar-refractivity contribution >= 4 is 0 Å². The summed E-state index contributed by atoms with van der Waals surface area (Å²) < 4.78 is 5.39.